The van der Waals surface area contributed by atoms with E-state index in [-0.39, 0.29) is 6.04 Å². The van der Waals surface area contributed by atoms with Crippen molar-refractivity contribution < 1.29 is 13.2 Å². The molecule has 0 amide bonds. The van der Waals surface area contributed by atoms with Crippen LogP contribution in [0.5, 0.6) is 0 Å². The van der Waals surface area contributed by atoms with E-state index in [0.717, 1.165) is 34.2 Å². The largest absolute Gasteiger partial charge is 0.377 e. The minimum absolute atomic E-state index is 0.175. The number of nitrogens with zero attached hydrogens (tertiary/aromatic N) is 4. The second kappa shape index (κ2) is 6.57. The lowest BCUT2D eigenvalue weighted by Gasteiger charge is -2.35. The van der Waals surface area contributed by atoms with Gasteiger partial charge in [-0.15, -0.1) is 0 Å². The molecule has 8 nitrogen and oxygen atoms in total. The predicted molar refractivity (Wildman–Crippen MR) is 113 cm³/mol. The number of aromatic nitrogens is 4. The summed E-state index contributed by atoms with van der Waals surface area (Å²) >= 11 is 0. The lowest BCUT2D eigenvalue weighted by Crippen LogP contribution is -2.43. The summed E-state index contributed by atoms with van der Waals surface area (Å²) in [6, 6.07) is 7.90. The Bertz CT molecular complexity index is 1320. The molecule has 4 aromatic rings. The van der Waals surface area contributed by atoms with Gasteiger partial charge in [0.2, 0.25) is 10.0 Å². The molecule has 1 atom stereocenters. The average Bonchev–Trinajstić information content (AvgIpc) is 3.34. The summed E-state index contributed by atoms with van der Waals surface area (Å²) in [5, 5.41) is 1.75. The summed E-state index contributed by atoms with van der Waals surface area (Å²) in [4.78, 5) is 14.5. The van der Waals surface area contributed by atoms with Crippen molar-refractivity contribution in [3.63, 3.8) is 0 Å². The molecule has 0 aliphatic carbocycles. The first-order chi connectivity index (χ1) is 13.9. The van der Waals surface area contributed by atoms with Gasteiger partial charge >= 0.3 is 0 Å². The standard InChI is InChI=1S/C20H21N5O3S/c1-13-12-28-10-9-24(13)18-11-17(14-3-6-21-19-15(14)4-7-22-19)23-20-16(18)5-8-25(20)29(2,26)27/h3-8,11,13H,9-10,12H2,1-2H3,(H,21,22)/t13-/m1/s1. The summed E-state index contributed by atoms with van der Waals surface area (Å²) in [5.41, 5.74) is 3.77. The summed E-state index contributed by atoms with van der Waals surface area (Å²) in [7, 11) is -3.49. The van der Waals surface area contributed by atoms with Crippen LogP contribution in [0.3, 0.4) is 0 Å². The van der Waals surface area contributed by atoms with Gasteiger partial charge in [0.25, 0.3) is 0 Å². The molecule has 150 valence electrons. The Kier molecular flexibility index (Phi) is 4.11. The highest BCUT2D eigenvalue weighted by atomic mass is 32.2. The minimum Gasteiger partial charge on any atom is -0.377 e. The fourth-order valence-electron chi connectivity index (χ4n) is 3.98. The van der Waals surface area contributed by atoms with Crippen molar-refractivity contribution in [2.75, 3.05) is 30.9 Å². The third kappa shape index (κ3) is 2.97. The van der Waals surface area contributed by atoms with Crippen LogP contribution >= 0.6 is 0 Å². The van der Waals surface area contributed by atoms with Crippen LogP contribution in [0, 0.1) is 0 Å². The van der Waals surface area contributed by atoms with Crippen molar-refractivity contribution >= 4 is 37.8 Å². The number of fused-ring (bicyclic) bond motifs is 2. The smallest absolute Gasteiger partial charge is 0.237 e. The molecule has 0 aromatic carbocycles. The zero-order chi connectivity index (χ0) is 20.2. The molecule has 9 heteroatoms. The van der Waals surface area contributed by atoms with Gasteiger partial charge in [0.05, 0.1) is 30.9 Å². The number of rotatable bonds is 3. The van der Waals surface area contributed by atoms with Crippen LogP contribution in [-0.2, 0) is 14.8 Å². The average molecular weight is 411 g/mol. The van der Waals surface area contributed by atoms with E-state index in [4.69, 9.17) is 9.72 Å². The second-order valence-electron chi connectivity index (χ2n) is 7.35. The molecule has 1 fully saturated rings. The maximum Gasteiger partial charge on any atom is 0.237 e. The van der Waals surface area contributed by atoms with E-state index in [0.29, 0.717) is 24.6 Å². The molecule has 0 bridgehead atoms. The fourth-order valence-corrected chi connectivity index (χ4v) is 4.72. The number of hydrogen-bond acceptors (Lipinski definition) is 6. The van der Waals surface area contributed by atoms with Gasteiger partial charge in [0.1, 0.15) is 5.65 Å². The molecule has 1 N–H and O–H groups in total. The summed E-state index contributed by atoms with van der Waals surface area (Å²) < 4.78 is 31.5. The Labute approximate surface area is 168 Å². The monoisotopic (exact) mass is 411 g/mol. The zero-order valence-electron chi connectivity index (χ0n) is 16.2. The van der Waals surface area contributed by atoms with Gasteiger partial charge in [0, 0.05) is 47.5 Å². The Hall–Kier alpha value is -2.91. The van der Waals surface area contributed by atoms with Crippen molar-refractivity contribution in [2.24, 2.45) is 0 Å². The molecule has 0 radical (unpaired) electrons. The molecule has 1 saturated heterocycles. The second-order valence-corrected chi connectivity index (χ2v) is 9.21. The molecule has 0 unspecified atom stereocenters. The number of aromatic amines is 1. The van der Waals surface area contributed by atoms with E-state index < -0.39 is 10.0 Å². The van der Waals surface area contributed by atoms with Gasteiger partial charge in [0.15, 0.2) is 5.65 Å². The van der Waals surface area contributed by atoms with Crippen molar-refractivity contribution in [1.82, 2.24) is 18.9 Å². The van der Waals surface area contributed by atoms with Crippen LogP contribution < -0.4 is 4.90 Å². The first-order valence-electron chi connectivity index (χ1n) is 9.43. The molecule has 0 saturated carbocycles. The van der Waals surface area contributed by atoms with Crippen LogP contribution in [0.15, 0.2) is 42.9 Å². The van der Waals surface area contributed by atoms with E-state index in [1.165, 1.54) is 10.2 Å². The highest BCUT2D eigenvalue weighted by Gasteiger charge is 2.25. The van der Waals surface area contributed by atoms with Crippen molar-refractivity contribution in [3.05, 3.63) is 42.9 Å². The topological polar surface area (TPSA) is 93.1 Å². The quantitative estimate of drug-likeness (QED) is 0.557. The number of nitrogens with one attached hydrogen (secondary N) is 1. The molecule has 0 spiro atoms. The molecular formula is C20H21N5O3S. The Balaban J connectivity index is 1.82. The highest BCUT2D eigenvalue weighted by molar-refractivity contribution is 7.89. The van der Waals surface area contributed by atoms with E-state index in [1.807, 2.05) is 30.5 Å². The molecule has 29 heavy (non-hydrogen) atoms. The van der Waals surface area contributed by atoms with Gasteiger partial charge < -0.3 is 14.6 Å². The van der Waals surface area contributed by atoms with E-state index in [9.17, 15) is 8.42 Å². The SMILES string of the molecule is C[C@@H]1COCCN1c1cc(-c2ccnc3[nH]ccc23)nc2c1ccn2S(C)(=O)=O. The van der Waals surface area contributed by atoms with Crippen molar-refractivity contribution in [1.29, 1.82) is 0 Å². The Morgan fingerprint density at radius 2 is 2.10 bits per heavy atom. The normalized spacial score (nSPS) is 18.0. The van der Waals surface area contributed by atoms with Gasteiger partial charge in [-0.2, -0.15) is 0 Å². The van der Waals surface area contributed by atoms with Crippen LogP contribution in [0.25, 0.3) is 33.3 Å². The number of H-pyrrole nitrogens is 1. The molecule has 5 rings (SSSR count). The van der Waals surface area contributed by atoms with Crippen molar-refractivity contribution in [3.8, 4) is 11.3 Å². The third-order valence-corrected chi connectivity index (χ3v) is 6.38. The van der Waals surface area contributed by atoms with E-state index >= 15 is 0 Å². The molecule has 1 aliphatic rings. The van der Waals surface area contributed by atoms with Gasteiger partial charge in [-0.3, -0.25) is 0 Å². The van der Waals surface area contributed by atoms with Crippen LogP contribution in [-0.4, -0.2) is 59.4 Å². The molecule has 4 aromatic heterocycles. The number of ether oxygens (including phenoxy) is 1. The number of hydrogen-bond donors (Lipinski definition) is 1. The predicted octanol–water partition coefficient (Wildman–Crippen LogP) is 2.61. The van der Waals surface area contributed by atoms with E-state index in [1.54, 1.807) is 12.4 Å². The van der Waals surface area contributed by atoms with Gasteiger partial charge in [-0.05, 0) is 31.2 Å². The lowest BCUT2D eigenvalue weighted by molar-refractivity contribution is 0.0991. The molecule has 5 heterocycles. The van der Waals surface area contributed by atoms with Gasteiger partial charge in [-0.1, -0.05) is 0 Å². The van der Waals surface area contributed by atoms with Crippen LogP contribution in [0.2, 0.25) is 0 Å². The minimum atomic E-state index is -3.49. The van der Waals surface area contributed by atoms with Gasteiger partial charge in [-0.25, -0.2) is 22.4 Å². The maximum absolute atomic E-state index is 12.4. The number of pyridine rings is 2. The first kappa shape index (κ1) is 18.1. The summed E-state index contributed by atoms with van der Waals surface area (Å²) in [6.45, 7) is 4.10. The van der Waals surface area contributed by atoms with Crippen molar-refractivity contribution in [2.45, 2.75) is 13.0 Å². The Morgan fingerprint density at radius 3 is 2.90 bits per heavy atom. The third-order valence-electron chi connectivity index (χ3n) is 5.37. The molecule has 1 aliphatic heterocycles. The highest BCUT2D eigenvalue weighted by Crippen LogP contribution is 2.35. The molecular weight excluding hydrogens is 390 g/mol. The zero-order valence-corrected chi connectivity index (χ0v) is 17.0. The number of anilines is 1. The summed E-state index contributed by atoms with van der Waals surface area (Å²) in [6.07, 6.45) is 6.33. The van der Waals surface area contributed by atoms with E-state index in [2.05, 4.69) is 21.8 Å². The summed E-state index contributed by atoms with van der Waals surface area (Å²) in [5.74, 6) is 0. The first-order valence-corrected chi connectivity index (χ1v) is 11.3. The maximum atomic E-state index is 12.4. The Morgan fingerprint density at radius 1 is 1.24 bits per heavy atom. The lowest BCUT2D eigenvalue weighted by atomic mass is 10.1. The number of morpholine rings is 1. The fraction of sp³-hybridized carbons (Fsp3) is 0.300. The van der Waals surface area contributed by atoms with Crippen LogP contribution in [0.4, 0.5) is 5.69 Å². The van der Waals surface area contributed by atoms with Crippen LogP contribution in [0.1, 0.15) is 6.92 Å².